The minimum absolute atomic E-state index is 0.393. The Labute approximate surface area is 112 Å². The highest BCUT2D eigenvalue weighted by atomic mass is 19.3. The molecule has 1 atom stereocenters. The Balaban J connectivity index is 2.34. The summed E-state index contributed by atoms with van der Waals surface area (Å²) in [6.07, 6.45) is -0.604. The minimum Gasteiger partial charge on any atom is -0.365 e. The molecule has 0 saturated heterocycles. The van der Waals surface area contributed by atoms with Gasteiger partial charge in [0.2, 0.25) is 5.91 Å². The van der Waals surface area contributed by atoms with Crippen molar-refractivity contribution in [3.05, 3.63) is 18.0 Å². The van der Waals surface area contributed by atoms with Gasteiger partial charge in [0.15, 0.2) is 0 Å². The Morgan fingerprint density at radius 2 is 2.20 bits per heavy atom. The van der Waals surface area contributed by atoms with Gasteiger partial charge in [0, 0.05) is 18.8 Å². The average molecular weight is 297 g/mol. The van der Waals surface area contributed by atoms with Crippen molar-refractivity contribution in [2.24, 2.45) is 7.05 Å². The van der Waals surface area contributed by atoms with Crippen LogP contribution in [0.5, 0.6) is 0 Å². The third-order valence-electron chi connectivity index (χ3n) is 2.45. The maximum atomic E-state index is 12.5. The van der Waals surface area contributed by atoms with Crippen LogP contribution in [0.4, 0.5) is 17.6 Å². The highest BCUT2D eigenvalue weighted by molar-refractivity contribution is 5.77. The molecule has 1 aromatic heterocycles. The van der Waals surface area contributed by atoms with E-state index in [0.717, 1.165) is 5.56 Å². The van der Waals surface area contributed by atoms with Gasteiger partial charge in [0.1, 0.15) is 13.2 Å². The number of hydrogen-bond acceptors (Lipinski definition) is 3. The van der Waals surface area contributed by atoms with E-state index >= 15 is 0 Å². The molecule has 0 spiro atoms. The maximum Gasteiger partial charge on any atom is 0.330 e. The predicted molar refractivity (Wildman–Crippen MR) is 61.5 cm³/mol. The van der Waals surface area contributed by atoms with Gasteiger partial charge in [0.25, 0.3) is 0 Å². The lowest BCUT2D eigenvalue weighted by Gasteiger charge is -2.16. The van der Waals surface area contributed by atoms with E-state index in [9.17, 15) is 22.4 Å². The molecule has 0 aliphatic rings. The van der Waals surface area contributed by atoms with Crippen LogP contribution in [0.25, 0.3) is 0 Å². The lowest BCUT2D eigenvalue weighted by molar-refractivity contribution is -0.168. The van der Waals surface area contributed by atoms with E-state index in [1.807, 2.05) is 0 Å². The summed E-state index contributed by atoms with van der Waals surface area (Å²) >= 11 is 0. The highest BCUT2D eigenvalue weighted by Crippen LogP contribution is 2.22. The molecule has 9 heteroatoms. The van der Waals surface area contributed by atoms with Gasteiger partial charge in [-0.1, -0.05) is 0 Å². The first-order valence-corrected chi connectivity index (χ1v) is 5.74. The summed E-state index contributed by atoms with van der Waals surface area (Å²) in [6.45, 7) is -0.547. The van der Waals surface area contributed by atoms with E-state index in [0.29, 0.717) is 0 Å². The number of alkyl halides is 4. The molecule has 20 heavy (non-hydrogen) atoms. The van der Waals surface area contributed by atoms with Gasteiger partial charge in [0.05, 0.1) is 12.2 Å². The van der Waals surface area contributed by atoms with Crippen LogP contribution in [0, 0.1) is 0 Å². The smallest absolute Gasteiger partial charge is 0.330 e. The minimum atomic E-state index is -4.25. The fourth-order valence-electron chi connectivity index (χ4n) is 1.37. The topological polar surface area (TPSA) is 56.1 Å². The summed E-state index contributed by atoms with van der Waals surface area (Å²) in [6, 6.07) is -0.393. The van der Waals surface area contributed by atoms with Gasteiger partial charge in [-0.15, -0.1) is 0 Å². The number of nitrogens with one attached hydrogen (secondary N) is 1. The van der Waals surface area contributed by atoms with Gasteiger partial charge in [-0.3, -0.25) is 9.48 Å². The second-order valence-corrected chi connectivity index (χ2v) is 4.29. The molecule has 5 nitrogen and oxygen atoms in total. The molecule has 1 unspecified atom stereocenters. The zero-order valence-corrected chi connectivity index (χ0v) is 10.9. The van der Waals surface area contributed by atoms with Crippen LogP contribution in [0.1, 0.15) is 18.5 Å². The average Bonchev–Trinajstić information content (AvgIpc) is 2.75. The Bertz CT molecular complexity index is 451. The SMILES string of the molecule is CC(NC(=O)COCC(F)(F)C(F)F)c1cnn(C)c1. The number of carbonyl (C=O) groups is 1. The maximum absolute atomic E-state index is 12.5. The molecule has 0 aliphatic heterocycles. The van der Waals surface area contributed by atoms with E-state index in [1.54, 1.807) is 20.2 Å². The quantitative estimate of drug-likeness (QED) is 0.776. The van der Waals surface area contributed by atoms with Crippen LogP contribution < -0.4 is 5.32 Å². The molecule has 0 radical (unpaired) electrons. The van der Waals surface area contributed by atoms with Crippen LogP contribution in [-0.4, -0.2) is 41.2 Å². The molecular weight excluding hydrogens is 282 g/mol. The van der Waals surface area contributed by atoms with Crippen LogP contribution in [-0.2, 0) is 16.6 Å². The number of aryl methyl sites for hydroxylation is 1. The Hall–Kier alpha value is -1.64. The van der Waals surface area contributed by atoms with Crippen molar-refractivity contribution in [1.29, 1.82) is 0 Å². The van der Waals surface area contributed by atoms with Crippen molar-refractivity contribution >= 4 is 5.91 Å². The van der Waals surface area contributed by atoms with Crippen molar-refractivity contribution in [3.8, 4) is 0 Å². The predicted octanol–water partition coefficient (Wildman–Crippen LogP) is 1.51. The molecule has 1 rings (SSSR count). The van der Waals surface area contributed by atoms with Crippen molar-refractivity contribution in [1.82, 2.24) is 15.1 Å². The number of halogens is 4. The molecule has 0 aliphatic carbocycles. The van der Waals surface area contributed by atoms with Crippen LogP contribution >= 0.6 is 0 Å². The largest absolute Gasteiger partial charge is 0.365 e. The number of carbonyl (C=O) groups excluding carboxylic acids is 1. The first-order chi connectivity index (χ1) is 9.22. The molecule has 1 amide bonds. The summed E-state index contributed by atoms with van der Waals surface area (Å²) in [5, 5.41) is 6.39. The van der Waals surface area contributed by atoms with Crippen LogP contribution in [0.3, 0.4) is 0 Å². The van der Waals surface area contributed by atoms with Crippen molar-refractivity contribution in [2.45, 2.75) is 25.3 Å². The molecular formula is C11H15F4N3O2. The number of aromatic nitrogens is 2. The third-order valence-corrected chi connectivity index (χ3v) is 2.45. The van der Waals surface area contributed by atoms with Crippen LogP contribution in [0.2, 0.25) is 0 Å². The second kappa shape index (κ2) is 6.69. The summed E-state index contributed by atoms with van der Waals surface area (Å²) in [5.41, 5.74) is 0.721. The lowest BCUT2D eigenvalue weighted by Crippen LogP contribution is -2.36. The first kappa shape index (κ1) is 16.4. The summed E-state index contributed by atoms with van der Waals surface area (Å²) in [4.78, 5) is 11.4. The van der Waals surface area contributed by atoms with E-state index in [4.69, 9.17) is 0 Å². The summed E-state index contributed by atoms with van der Waals surface area (Å²) in [5.74, 6) is -4.93. The molecule has 0 bridgehead atoms. The van der Waals surface area contributed by atoms with Gasteiger partial charge in [-0.05, 0) is 6.92 Å². The lowest BCUT2D eigenvalue weighted by atomic mass is 10.2. The van der Waals surface area contributed by atoms with Crippen molar-refractivity contribution < 1.29 is 27.1 Å². The standard InChI is InChI=1S/C11H15F4N3O2/c1-7(8-3-16-18(2)4-8)17-9(19)5-20-6-11(14,15)10(12)13/h3-4,7,10H,5-6H2,1-2H3,(H,17,19). The number of ether oxygens (including phenoxy) is 1. The first-order valence-electron chi connectivity index (χ1n) is 5.74. The van der Waals surface area contributed by atoms with Crippen molar-refractivity contribution in [3.63, 3.8) is 0 Å². The third kappa shape index (κ3) is 4.80. The van der Waals surface area contributed by atoms with E-state index < -0.39 is 37.5 Å². The van der Waals surface area contributed by atoms with Gasteiger partial charge in [-0.25, -0.2) is 8.78 Å². The fraction of sp³-hybridized carbons (Fsp3) is 0.636. The molecule has 0 aromatic carbocycles. The van der Waals surface area contributed by atoms with E-state index in [1.165, 1.54) is 10.9 Å². The van der Waals surface area contributed by atoms with Gasteiger partial charge < -0.3 is 10.1 Å². The molecule has 0 saturated carbocycles. The van der Waals surface area contributed by atoms with E-state index in [2.05, 4.69) is 15.2 Å². The Morgan fingerprint density at radius 1 is 1.55 bits per heavy atom. The summed E-state index contributed by atoms with van der Waals surface area (Å²) in [7, 11) is 1.70. The molecule has 1 N–H and O–H groups in total. The van der Waals surface area contributed by atoms with Crippen LogP contribution in [0.15, 0.2) is 12.4 Å². The fourth-order valence-corrected chi connectivity index (χ4v) is 1.37. The monoisotopic (exact) mass is 297 g/mol. The molecule has 1 heterocycles. The second-order valence-electron chi connectivity index (χ2n) is 4.29. The number of nitrogens with zero attached hydrogens (tertiary/aromatic N) is 2. The number of hydrogen-bond donors (Lipinski definition) is 1. The van der Waals surface area contributed by atoms with Crippen molar-refractivity contribution in [2.75, 3.05) is 13.2 Å². The highest BCUT2D eigenvalue weighted by Gasteiger charge is 2.41. The van der Waals surface area contributed by atoms with Gasteiger partial charge >= 0.3 is 12.3 Å². The van der Waals surface area contributed by atoms with Gasteiger partial charge in [-0.2, -0.15) is 13.9 Å². The molecule has 114 valence electrons. The normalized spacial score (nSPS) is 13.6. The zero-order chi connectivity index (χ0) is 15.3. The summed E-state index contributed by atoms with van der Waals surface area (Å²) < 4.78 is 54.5. The zero-order valence-electron chi connectivity index (χ0n) is 10.9. The Morgan fingerprint density at radius 3 is 2.70 bits per heavy atom. The molecule has 1 aromatic rings. The van der Waals surface area contributed by atoms with E-state index in [-0.39, 0.29) is 0 Å². The number of rotatable bonds is 7. The Kier molecular flexibility index (Phi) is 5.49. The molecule has 0 fully saturated rings. The number of amides is 1.